The van der Waals surface area contributed by atoms with E-state index in [9.17, 15) is 28.2 Å². The van der Waals surface area contributed by atoms with E-state index in [1.165, 1.54) is 11.3 Å². The zero-order valence-electron chi connectivity index (χ0n) is 23.1. The lowest BCUT2D eigenvalue weighted by Gasteiger charge is -2.49. The first-order chi connectivity index (χ1) is 20.4. The molecule has 1 aromatic heterocycles. The minimum Gasteiger partial charge on any atom is -0.364 e. The summed E-state index contributed by atoms with van der Waals surface area (Å²) in [6, 6.07) is 11.2. The van der Waals surface area contributed by atoms with Gasteiger partial charge in [-0.3, -0.25) is 14.4 Å². The van der Waals surface area contributed by atoms with Crippen molar-refractivity contribution in [3.63, 3.8) is 0 Å². The number of carbonyl (C=O) groups excluding carboxylic acids is 2. The molecular formula is C29H31Cl2N3O7S2. The number of halogens is 2. The Morgan fingerprint density at radius 1 is 1.12 bits per heavy atom. The molecule has 2 aromatic carbocycles. The number of benzene rings is 2. The topological polar surface area (TPSA) is 145 Å². The number of carbonyl (C=O) groups is 2. The van der Waals surface area contributed by atoms with Crippen LogP contribution >= 0.6 is 34.5 Å². The number of hydrogen-bond donors (Lipinski definition) is 4. The summed E-state index contributed by atoms with van der Waals surface area (Å²) in [5.41, 5.74) is 4.12. The fourth-order valence-electron chi connectivity index (χ4n) is 5.98. The summed E-state index contributed by atoms with van der Waals surface area (Å²) in [6.45, 7) is -0.0323. The minimum absolute atomic E-state index is 0.0323. The van der Waals surface area contributed by atoms with E-state index in [4.69, 9.17) is 28.0 Å². The Morgan fingerprint density at radius 2 is 1.86 bits per heavy atom. The van der Waals surface area contributed by atoms with Gasteiger partial charge in [-0.25, -0.2) is 18.6 Å². The van der Waals surface area contributed by atoms with E-state index in [2.05, 4.69) is 10.2 Å². The number of hydrogen-bond acceptors (Lipinski definition) is 8. The molecule has 1 aliphatic heterocycles. The molecule has 0 bridgehead atoms. The molecule has 2 amide bonds. The fraction of sp³-hybridized carbons (Fsp3) is 0.379. The van der Waals surface area contributed by atoms with Crippen LogP contribution in [-0.4, -0.2) is 53.7 Å². The van der Waals surface area contributed by atoms with Gasteiger partial charge in [-0.2, -0.15) is 0 Å². The van der Waals surface area contributed by atoms with Crippen LogP contribution in [0.2, 0.25) is 10.0 Å². The molecule has 5 rings (SSSR count). The van der Waals surface area contributed by atoms with Crippen molar-refractivity contribution in [2.75, 3.05) is 6.26 Å². The summed E-state index contributed by atoms with van der Waals surface area (Å²) in [5.74, 6) is -1.85. The van der Waals surface area contributed by atoms with Gasteiger partial charge in [0, 0.05) is 38.1 Å². The van der Waals surface area contributed by atoms with E-state index < -0.39 is 46.3 Å². The number of nitrogens with zero attached hydrogens (tertiary/aromatic N) is 1. The highest BCUT2D eigenvalue weighted by atomic mass is 35.5. The molecule has 43 heavy (non-hydrogen) atoms. The van der Waals surface area contributed by atoms with E-state index in [-0.39, 0.29) is 17.5 Å². The third-order valence-electron chi connectivity index (χ3n) is 7.75. The number of nitrogens with one attached hydrogen (secondary N) is 2. The molecule has 14 heteroatoms. The maximum atomic E-state index is 14.3. The van der Waals surface area contributed by atoms with E-state index in [1.807, 2.05) is 0 Å². The van der Waals surface area contributed by atoms with Gasteiger partial charge in [-0.1, -0.05) is 60.3 Å². The van der Waals surface area contributed by atoms with Crippen molar-refractivity contribution in [2.45, 2.75) is 62.6 Å². The van der Waals surface area contributed by atoms with E-state index in [0.717, 1.165) is 19.1 Å². The van der Waals surface area contributed by atoms with Crippen molar-refractivity contribution < 1.29 is 33.1 Å². The second-order valence-electron chi connectivity index (χ2n) is 10.7. The number of fused-ring (bicyclic) bond motifs is 1. The van der Waals surface area contributed by atoms with Gasteiger partial charge in [0.25, 0.3) is 11.8 Å². The number of hydroxylamine groups is 1. The van der Waals surface area contributed by atoms with Gasteiger partial charge < -0.3 is 15.1 Å². The molecule has 1 saturated carbocycles. The number of thiophene rings is 1. The quantitative estimate of drug-likeness (QED) is 0.195. The predicted molar refractivity (Wildman–Crippen MR) is 163 cm³/mol. The Hall–Kier alpha value is -2.55. The van der Waals surface area contributed by atoms with Crippen LogP contribution in [0.25, 0.3) is 0 Å². The van der Waals surface area contributed by atoms with Gasteiger partial charge in [-0.15, -0.1) is 11.3 Å². The van der Waals surface area contributed by atoms with Crippen molar-refractivity contribution in [3.05, 3.63) is 91.1 Å². The summed E-state index contributed by atoms with van der Waals surface area (Å²) in [6.07, 6.45) is 2.06. The number of aliphatic hydroxyl groups excluding tert-OH is 1. The van der Waals surface area contributed by atoms with E-state index >= 15 is 0 Å². The average molecular weight is 669 g/mol. The molecular weight excluding hydrogens is 637 g/mol. The Kier molecular flexibility index (Phi) is 9.79. The number of aliphatic hydroxyl groups is 2. The molecule has 4 N–H and O–H groups in total. The summed E-state index contributed by atoms with van der Waals surface area (Å²) >= 11 is 14.2. The Bertz CT molecular complexity index is 1610. The van der Waals surface area contributed by atoms with Crippen molar-refractivity contribution in [3.8, 4) is 0 Å². The second kappa shape index (κ2) is 13.2. The van der Waals surface area contributed by atoms with Gasteiger partial charge in [0.05, 0.1) is 18.2 Å². The van der Waals surface area contributed by atoms with Crippen molar-refractivity contribution in [1.82, 2.24) is 15.1 Å². The van der Waals surface area contributed by atoms with E-state index in [0.29, 0.717) is 45.0 Å². The van der Waals surface area contributed by atoms with Gasteiger partial charge in [-0.05, 0) is 53.6 Å². The molecule has 0 spiro atoms. The second-order valence-corrected chi connectivity index (χ2v) is 14.3. The van der Waals surface area contributed by atoms with E-state index in [1.54, 1.807) is 58.8 Å². The van der Waals surface area contributed by atoms with Crippen molar-refractivity contribution >= 4 is 56.4 Å². The molecule has 2 aliphatic rings. The number of rotatable bonds is 9. The third-order valence-corrected chi connectivity index (χ3v) is 9.97. The summed E-state index contributed by atoms with van der Waals surface area (Å²) in [7, 11) is -3.60. The summed E-state index contributed by atoms with van der Waals surface area (Å²) in [4.78, 5) is 36.2. The van der Waals surface area contributed by atoms with Gasteiger partial charge in [0.2, 0.25) is 10.0 Å². The van der Waals surface area contributed by atoms with Gasteiger partial charge >= 0.3 is 0 Å². The normalized spacial score (nSPS) is 22.5. The minimum atomic E-state index is -3.60. The summed E-state index contributed by atoms with van der Waals surface area (Å²) in [5, 5.41) is 21.0. The highest BCUT2D eigenvalue weighted by molar-refractivity contribution is 7.88. The standard InChI is InChI=1S/C29H31Cl2N3O7S2/c1-43(39,40)33-23-8-4-5-9-24(23)34-26(21-11-10-17(30)13-22(21)31)25(19-6-2-3-7-20(19)28(34)36)27(35)32-41-14-18-12-16(15-42-18)29(37)38/h2-3,6-7,10-13,15,23-26,29,33,37-38H,4-5,8-9,14H2,1H3,(H,32,35)/t23-,24-,25+,26-/m0/s1. The zero-order chi connectivity index (χ0) is 30.9. The monoisotopic (exact) mass is 667 g/mol. The summed E-state index contributed by atoms with van der Waals surface area (Å²) < 4.78 is 27.4. The highest BCUT2D eigenvalue weighted by Gasteiger charge is 2.49. The van der Waals surface area contributed by atoms with Crippen LogP contribution in [0.1, 0.15) is 75.9 Å². The molecule has 1 fully saturated rings. The molecule has 3 aromatic rings. The fourth-order valence-corrected chi connectivity index (χ4v) is 8.13. The predicted octanol–water partition coefficient (Wildman–Crippen LogP) is 4.43. The molecule has 2 heterocycles. The molecule has 0 saturated heterocycles. The molecule has 0 radical (unpaired) electrons. The maximum absolute atomic E-state index is 14.3. The van der Waals surface area contributed by atoms with Crippen LogP contribution in [0.5, 0.6) is 0 Å². The van der Waals surface area contributed by atoms with Crippen LogP contribution in [0.3, 0.4) is 0 Å². The third kappa shape index (κ3) is 7.07. The first kappa shape index (κ1) is 31.9. The maximum Gasteiger partial charge on any atom is 0.255 e. The van der Waals surface area contributed by atoms with Gasteiger partial charge in [0.15, 0.2) is 6.29 Å². The van der Waals surface area contributed by atoms with Gasteiger partial charge in [0.1, 0.15) is 6.61 Å². The SMILES string of the molecule is CS(=O)(=O)N[C@H]1CCCC[C@@H]1N1C(=O)c2ccccc2[C@@H](C(=O)NOCc2cc(C(O)O)cs2)[C@@H]1c1ccc(Cl)cc1Cl. The molecule has 10 nitrogen and oxygen atoms in total. The van der Waals surface area contributed by atoms with Crippen LogP contribution < -0.4 is 10.2 Å². The largest absolute Gasteiger partial charge is 0.364 e. The molecule has 230 valence electrons. The number of amides is 2. The Labute approximate surface area is 263 Å². The lowest BCUT2D eigenvalue weighted by molar-refractivity contribution is -0.138. The lowest BCUT2D eigenvalue weighted by Crippen LogP contribution is -2.59. The number of sulfonamides is 1. The average Bonchev–Trinajstić information content (AvgIpc) is 3.42. The Balaban J connectivity index is 1.56. The smallest absolute Gasteiger partial charge is 0.255 e. The first-order valence-electron chi connectivity index (χ1n) is 13.6. The highest BCUT2D eigenvalue weighted by Crippen LogP contribution is 2.47. The van der Waals surface area contributed by atoms with Crippen LogP contribution in [0, 0.1) is 0 Å². The first-order valence-corrected chi connectivity index (χ1v) is 17.2. The van der Waals surface area contributed by atoms with Crippen LogP contribution in [0.15, 0.2) is 53.9 Å². The van der Waals surface area contributed by atoms with Crippen LogP contribution in [-0.2, 0) is 26.3 Å². The molecule has 4 atom stereocenters. The van der Waals surface area contributed by atoms with Crippen molar-refractivity contribution in [1.29, 1.82) is 0 Å². The Morgan fingerprint density at radius 3 is 2.56 bits per heavy atom. The molecule has 0 unspecified atom stereocenters. The van der Waals surface area contributed by atoms with Crippen LogP contribution in [0.4, 0.5) is 0 Å². The zero-order valence-corrected chi connectivity index (χ0v) is 26.2. The lowest BCUT2D eigenvalue weighted by atomic mass is 9.76. The van der Waals surface area contributed by atoms with Crippen molar-refractivity contribution in [2.24, 2.45) is 0 Å². The molecule has 1 aliphatic carbocycles.